The van der Waals surface area contributed by atoms with Crippen LogP contribution in [0, 0.1) is 0 Å². The molecule has 0 amide bonds. The number of carbonyl (C=O) groups is 1. The summed E-state index contributed by atoms with van der Waals surface area (Å²) in [5.41, 5.74) is 2.76. The van der Waals surface area contributed by atoms with Gasteiger partial charge in [-0.05, 0) is 18.2 Å². The van der Waals surface area contributed by atoms with E-state index in [0.717, 1.165) is 40.7 Å². The summed E-state index contributed by atoms with van der Waals surface area (Å²) in [4.78, 5) is 11.2. The van der Waals surface area contributed by atoms with Gasteiger partial charge in [-0.3, -0.25) is 4.79 Å². The molecule has 0 radical (unpaired) electrons. The van der Waals surface area contributed by atoms with Crippen molar-refractivity contribution in [2.45, 2.75) is 13.2 Å². The average molecular weight is 231 g/mol. The van der Waals surface area contributed by atoms with Crippen LogP contribution in [0.3, 0.4) is 0 Å². The summed E-state index contributed by atoms with van der Waals surface area (Å²) in [5, 5.41) is 0.944. The van der Waals surface area contributed by atoms with Crippen molar-refractivity contribution >= 4 is 17.2 Å². The lowest BCUT2D eigenvalue weighted by atomic mass is 10.1. The number of aromatic nitrogens is 1. The first-order chi connectivity index (χ1) is 8.35. The largest absolute Gasteiger partial charge is 0.497 e. The second kappa shape index (κ2) is 3.89. The van der Waals surface area contributed by atoms with E-state index in [9.17, 15) is 4.79 Å². The predicted molar refractivity (Wildman–Crippen MR) is 63.5 cm³/mol. The van der Waals surface area contributed by atoms with Gasteiger partial charge in [0.15, 0.2) is 6.29 Å². The van der Waals surface area contributed by atoms with Crippen molar-refractivity contribution in [2.24, 2.45) is 0 Å². The first kappa shape index (κ1) is 10.4. The molecule has 1 aromatic carbocycles. The van der Waals surface area contributed by atoms with Crippen LogP contribution in [-0.4, -0.2) is 24.6 Å². The maximum atomic E-state index is 11.2. The molecule has 1 aromatic heterocycles. The van der Waals surface area contributed by atoms with Crippen LogP contribution in [0.1, 0.15) is 16.1 Å². The van der Waals surface area contributed by atoms with Crippen molar-refractivity contribution in [3.63, 3.8) is 0 Å². The van der Waals surface area contributed by atoms with Crippen LogP contribution in [0.15, 0.2) is 18.2 Å². The van der Waals surface area contributed by atoms with Gasteiger partial charge < -0.3 is 14.0 Å². The van der Waals surface area contributed by atoms with E-state index >= 15 is 0 Å². The highest BCUT2D eigenvalue weighted by Gasteiger charge is 2.19. The van der Waals surface area contributed by atoms with Gasteiger partial charge in [-0.1, -0.05) is 0 Å². The monoisotopic (exact) mass is 231 g/mol. The molecule has 3 rings (SSSR count). The molecule has 0 bridgehead atoms. The fourth-order valence-electron chi connectivity index (χ4n) is 2.41. The number of hydrogen-bond acceptors (Lipinski definition) is 3. The summed E-state index contributed by atoms with van der Waals surface area (Å²) in [5.74, 6) is 0.768. The third-order valence-corrected chi connectivity index (χ3v) is 3.24. The van der Waals surface area contributed by atoms with Crippen LogP contribution in [0.2, 0.25) is 0 Å². The van der Waals surface area contributed by atoms with E-state index in [-0.39, 0.29) is 0 Å². The fraction of sp³-hybridized carbons (Fsp3) is 0.308. The molecule has 0 fully saturated rings. The number of fused-ring (bicyclic) bond motifs is 3. The molecule has 4 heteroatoms. The van der Waals surface area contributed by atoms with Crippen molar-refractivity contribution in [1.82, 2.24) is 4.57 Å². The van der Waals surface area contributed by atoms with Crippen molar-refractivity contribution in [2.75, 3.05) is 13.7 Å². The van der Waals surface area contributed by atoms with Crippen LogP contribution in [-0.2, 0) is 17.9 Å². The van der Waals surface area contributed by atoms with Gasteiger partial charge in [-0.25, -0.2) is 0 Å². The molecular formula is C13H13NO3. The molecule has 0 spiro atoms. The molecule has 2 heterocycles. The molecule has 1 aliphatic rings. The molecule has 1 aliphatic heterocycles. The first-order valence-electron chi connectivity index (χ1n) is 5.57. The Morgan fingerprint density at radius 3 is 3.12 bits per heavy atom. The topological polar surface area (TPSA) is 40.5 Å². The highest BCUT2D eigenvalue weighted by Crippen LogP contribution is 2.30. The lowest BCUT2D eigenvalue weighted by Gasteiger charge is -2.16. The van der Waals surface area contributed by atoms with E-state index in [1.54, 1.807) is 7.11 Å². The Hall–Kier alpha value is -1.81. The molecule has 0 atom stereocenters. The van der Waals surface area contributed by atoms with Crippen molar-refractivity contribution in [3.8, 4) is 5.75 Å². The number of benzene rings is 1. The molecule has 0 saturated heterocycles. The zero-order chi connectivity index (χ0) is 11.8. The van der Waals surface area contributed by atoms with Gasteiger partial charge in [0, 0.05) is 23.0 Å². The Balaban J connectivity index is 2.34. The lowest BCUT2D eigenvalue weighted by Crippen LogP contribution is -2.16. The van der Waals surface area contributed by atoms with Gasteiger partial charge in [0.25, 0.3) is 0 Å². The van der Waals surface area contributed by atoms with Gasteiger partial charge in [-0.2, -0.15) is 0 Å². The maximum Gasteiger partial charge on any atom is 0.152 e. The number of ether oxygens (including phenoxy) is 2. The van der Waals surface area contributed by atoms with Crippen LogP contribution in [0.5, 0.6) is 5.75 Å². The van der Waals surface area contributed by atoms with Crippen LogP contribution in [0.4, 0.5) is 0 Å². The SMILES string of the molecule is COc1ccc2c(c1)c(C=O)c1n2CCOC1. The highest BCUT2D eigenvalue weighted by molar-refractivity contribution is 6.00. The number of rotatable bonds is 2. The summed E-state index contributed by atoms with van der Waals surface area (Å²) in [6.07, 6.45) is 0.905. The number of carbonyl (C=O) groups excluding carboxylic acids is 1. The Labute approximate surface area is 98.7 Å². The van der Waals surface area contributed by atoms with Gasteiger partial charge in [0.05, 0.1) is 26.0 Å². The average Bonchev–Trinajstić information content (AvgIpc) is 2.71. The quantitative estimate of drug-likeness (QED) is 0.742. The summed E-state index contributed by atoms with van der Waals surface area (Å²) < 4.78 is 12.8. The van der Waals surface area contributed by atoms with E-state index in [1.165, 1.54) is 0 Å². The second-order valence-corrected chi connectivity index (χ2v) is 4.07. The summed E-state index contributed by atoms with van der Waals surface area (Å²) in [7, 11) is 1.63. The highest BCUT2D eigenvalue weighted by atomic mass is 16.5. The fourth-order valence-corrected chi connectivity index (χ4v) is 2.41. The maximum absolute atomic E-state index is 11.2. The van der Waals surface area contributed by atoms with Crippen LogP contribution in [0.25, 0.3) is 10.9 Å². The first-order valence-corrected chi connectivity index (χ1v) is 5.57. The number of hydrogen-bond donors (Lipinski definition) is 0. The predicted octanol–water partition coefficient (Wildman–Crippen LogP) is 1.99. The normalized spacial score (nSPS) is 14.6. The third kappa shape index (κ3) is 1.45. The Morgan fingerprint density at radius 2 is 2.35 bits per heavy atom. The number of nitrogens with zero attached hydrogens (tertiary/aromatic N) is 1. The summed E-state index contributed by atoms with van der Waals surface area (Å²) in [6.45, 7) is 2.00. The minimum Gasteiger partial charge on any atom is -0.497 e. The summed E-state index contributed by atoms with van der Waals surface area (Å²) in [6, 6.07) is 5.82. The minimum absolute atomic E-state index is 0.505. The van der Waals surface area contributed by atoms with E-state index in [4.69, 9.17) is 9.47 Å². The Kier molecular flexibility index (Phi) is 2.37. The third-order valence-electron chi connectivity index (χ3n) is 3.24. The molecule has 4 nitrogen and oxygen atoms in total. The van der Waals surface area contributed by atoms with Crippen LogP contribution < -0.4 is 4.74 Å². The molecule has 17 heavy (non-hydrogen) atoms. The molecule has 0 N–H and O–H groups in total. The van der Waals surface area contributed by atoms with Gasteiger partial charge in [0.2, 0.25) is 0 Å². The van der Waals surface area contributed by atoms with Crippen molar-refractivity contribution < 1.29 is 14.3 Å². The molecule has 0 unspecified atom stereocenters. The van der Waals surface area contributed by atoms with Crippen LogP contribution >= 0.6 is 0 Å². The van der Waals surface area contributed by atoms with E-state index in [0.29, 0.717) is 13.2 Å². The standard InChI is InChI=1S/C13H13NO3/c1-16-9-2-3-12-10(6-9)11(7-15)13-8-17-5-4-14(12)13/h2-3,6-7H,4-5,8H2,1H3. The van der Waals surface area contributed by atoms with Gasteiger partial charge >= 0.3 is 0 Å². The molecular weight excluding hydrogens is 218 g/mol. The van der Waals surface area contributed by atoms with E-state index < -0.39 is 0 Å². The van der Waals surface area contributed by atoms with E-state index in [2.05, 4.69) is 4.57 Å². The minimum atomic E-state index is 0.505. The van der Waals surface area contributed by atoms with Gasteiger partial charge in [0.1, 0.15) is 5.75 Å². The molecule has 2 aromatic rings. The Morgan fingerprint density at radius 1 is 1.47 bits per heavy atom. The van der Waals surface area contributed by atoms with Crippen molar-refractivity contribution in [1.29, 1.82) is 0 Å². The molecule has 88 valence electrons. The molecule has 0 saturated carbocycles. The second-order valence-electron chi connectivity index (χ2n) is 4.07. The van der Waals surface area contributed by atoms with E-state index in [1.807, 2.05) is 18.2 Å². The smallest absolute Gasteiger partial charge is 0.152 e. The number of methoxy groups -OCH3 is 1. The van der Waals surface area contributed by atoms with Gasteiger partial charge in [-0.15, -0.1) is 0 Å². The lowest BCUT2D eigenvalue weighted by molar-refractivity contribution is 0.0849. The van der Waals surface area contributed by atoms with Crippen molar-refractivity contribution in [3.05, 3.63) is 29.5 Å². The Bertz CT molecular complexity index is 586. The zero-order valence-electron chi connectivity index (χ0n) is 9.60. The number of aldehydes is 1. The molecule has 0 aliphatic carbocycles. The zero-order valence-corrected chi connectivity index (χ0v) is 9.60. The summed E-state index contributed by atoms with van der Waals surface area (Å²) >= 11 is 0.